The first-order valence-corrected chi connectivity index (χ1v) is 8.77. The van der Waals surface area contributed by atoms with Gasteiger partial charge in [-0.2, -0.15) is 5.10 Å². The third kappa shape index (κ3) is 3.16. The summed E-state index contributed by atoms with van der Waals surface area (Å²) in [6.07, 6.45) is 2.16. The molecule has 1 fully saturated rings. The van der Waals surface area contributed by atoms with Crippen molar-refractivity contribution < 1.29 is 13.9 Å². The predicted octanol–water partition coefficient (Wildman–Crippen LogP) is 1.87. The lowest BCUT2D eigenvalue weighted by Crippen LogP contribution is -2.27. The Morgan fingerprint density at radius 2 is 2.31 bits per heavy atom. The van der Waals surface area contributed by atoms with Crippen LogP contribution in [0.2, 0.25) is 0 Å². The van der Waals surface area contributed by atoms with E-state index in [1.54, 1.807) is 28.5 Å². The number of carbonyl (C=O) groups is 1. The lowest BCUT2D eigenvalue weighted by Gasteiger charge is -2.13. The van der Waals surface area contributed by atoms with Crippen molar-refractivity contribution in [1.82, 2.24) is 19.7 Å². The molecule has 1 aliphatic rings. The van der Waals surface area contributed by atoms with Crippen molar-refractivity contribution in [1.29, 1.82) is 0 Å². The Hall–Kier alpha value is -2.85. The molecule has 2 N–H and O–H groups in total. The van der Waals surface area contributed by atoms with Crippen LogP contribution in [0, 0.1) is 5.82 Å². The van der Waals surface area contributed by atoms with Crippen molar-refractivity contribution in [2.24, 2.45) is 5.73 Å². The molecule has 4 rings (SSSR count). The molecule has 134 valence electrons. The van der Waals surface area contributed by atoms with E-state index in [1.807, 2.05) is 0 Å². The quantitative estimate of drug-likeness (QED) is 0.732. The number of nitrogens with zero attached hydrogens (tertiary/aromatic N) is 5. The fourth-order valence-electron chi connectivity index (χ4n) is 2.69. The van der Waals surface area contributed by atoms with Crippen molar-refractivity contribution >= 4 is 23.1 Å². The maximum atomic E-state index is 14.6. The van der Waals surface area contributed by atoms with E-state index in [0.717, 1.165) is 5.01 Å². The topological polar surface area (TPSA) is 99.2 Å². The summed E-state index contributed by atoms with van der Waals surface area (Å²) in [5, 5.41) is 6.61. The molecule has 0 radical (unpaired) electrons. The lowest BCUT2D eigenvalue weighted by atomic mass is 10.1. The molecular formula is C16H15FN6O2S. The minimum Gasteiger partial charge on any atom is -0.443 e. The second-order valence-electron chi connectivity index (χ2n) is 5.74. The summed E-state index contributed by atoms with van der Waals surface area (Å²) in [5.41, 5.74) is 6.87. The second kappa shape index (κ2) is 6.81. The Morgan fingerprint density at radius 3 is 3.00 bits per heavy atom. The molecule has 1 aromatic carbocycles. The third-order valence-corrected chi connectivity index (χ3v) is 4.83. The molecule has 10 heteroatoms. The summed E-state index contributed by atoms with van der Waals surface area (Å²) >= 11 is 1.42. The van der Waals surface area contributed by atoms with Crippen LogP contribution >= 0.6 is 11.3 Å². The number of aromatic nitrogens is 4. The lowest BCUT2D eigenvalue weighted by molar-refractivity contribution is 0.145. The smallest absolute Gasteiger partial charge is 0.414 e. The zero-order chi connectivity index (χ0) is 18.1. The Morgan fingerprint density at radius 1 is 1.42 bits per heavy atom. The van der Waals surface area contributed by atoms with Crippen LogP contribution in [0.15, 0.2) is 36.2 Å². The molecule has 1 saturated heterocycles. The van der Waals surface area contributed by atoms with E-state index < -0.39 is 11.9 Å². The van der Waals surface area contributed by atoms with E-state index in [9.17, 15) is 9.18 Å². The normalized spacial score (nSPS) is 16.9. The number of nitrogens with two attached hydrogens (primary N) is 1. The van der Waals surface area contributed by atoms with Gasteiger partial charge in [-0.3, -0.25) is 4.90 Å². The summed E-state index contributed by atoms with van der Waals surface area (Å²) in [6.45, 7) is 1.02. The van der Waals surface area contributed by atoms with Gasteiger partial charge in [-0.05, 0) is 18.2 Å². The fourth-order valence-corrected chi connectivity index (χ4v) is 3.48. The maximum Gasteiger partial charge on any atom is 0.414 e. The van der Waals surface area contributed by atoms with Crippen molar-refractivity contribution in [3.05, 3.63) is 47.1 Å². The summed E-state index contributed by atoms with van der Waals surface area (Å²) < 4.78 is 21.4. The van der Waals surface area contributed by atoms with E-state index in [4.69, 9.17) is 10.5 Å². The molecule has 1 aliphatic heterocycles. The number of hydrogen-bond donors (Lipinski definition) is 1. The molecule has 0 saturated carbocycles. The number of carbonyl (C=O) groups excluding carboxylic acids is 1. The first-order valence-electron chi connectivity index (χ1n) is 7.89. The van der Waals surface area contributed by atoms with E-state index in [1.165, 1.54) is 28.6 Å². The van der Waals surface area contributed by atoms with Gasteiger partial charge < -0.3 is 10.5 Å². The van der Waals surface area contributed by atoms with Crippen molar-refractivity contribution in [3.8, 4) is 11.3 Å². The van der Waals surface area contributed by atoms with E-state index in [2.05, 4.69) is 15.1 Å². The standard InChI is InChI=1S/C16H15FN6O2S/c17-13-3-10(23-5-11(4-18)25-16(23)24)1-2-12(13)14-7-26-15(21-14)6-22-9-19-8-20-22/h1-3,7-9,11H,4-6,18H2. The Bertz CT molecular complexity index is 929. The monoisotopic (exact) mass is 374 g/mol. The minimum absolute atomic E-state index is 0.232. The number of thiazole rings is 1. The van der Waals surface area contributed by atoms with Crippen molar-refractivity contribution in [2.75, 3.05) is 18.0 Å². The van der Waals surface area contributed by atoms with Crippen molar-refractivity contribution in [3.63, 3.8) is 0 Å². The number of ether oxygens (including phenoxy) is 1. The molecule has 1 amide bonds. The van der Waals surface area contributed by atoms with Crippen LogP contribution in [0.1, 0.15) is 5.01 Å². The molecule has 1 unspecified atom stereocenters. The molecule has 3 aromatic rings. The van der Waals surface area contributed by atoms with Crippen LogP contribution in [-0.2, 0) is 11.3 Å². The molecule has 1 atom stereocenters. The van der Waals surface area contributed by atoms with Crippen LogP contribution in [0.5, 0.6) is 0 Å². The summed E-state index contributed by atoms with van der Waals surface area (Å²) in [6, 6.07) is 4.60. The maximum absolute atomic E-state index is 14.6. The summed E-state index contributed by atoms with van der Waals surface area (Å²) in [7, 11) is 0. The van der Waals surface area contributed by atoms with Crippen LogP contribution in [0.25, 0.3) is 11.3 Å². The highest BCUT2D eigenvalue weighted by molar-refractivity contribution is 7.09. The first-order chi connectivity index (χ1) is 12.6. The minimum atomic E-state index is -0.517. The van der Waals surface area contributed by atoms with Crippen LogP contribution < -0.4 is 10.6 Å². The molecule has 2 aromatic heterocycles. The van der Waals surface area contributed by atoms with Gasteiger partial charge in [0.2, 0.25) is 0 Å². The molecule has 0 aliphatic carbocycles. The van der Waals surface area contributed by atoms with Gasteiger partial charge in [-0.1, -0.05) is 0 Å². The van der Waals surface area contributed by atoms with Crippen LogP contribution in [0.3, 0.4) is 0 Å². The van der Waals surface area contributed by atoms with Gasteiger partial charge >= 0.3 is 6.09 Å². The highest BCUT2D eigenvalue weighted by atomic mass is 32.1. The molecule has 26 heavy (non-hydrogen) atoms. The van der Waals surface area contributed by atoms with Crippen molar-refractivity contribution in [2.45, 2.75) is 12.6 Å². The average molecular weight is 374 g/mol. The Kier molecular flexibility index (Phi) is 4.35. The number of halogens is 1. The Balaban J connectivity index is 1.55. The Labute approximate surface area is 152 Å². The zero-order valence-electron chi connectivity index (χ0n) is 13.6. The highest BCUT2D eigenvalue weighted by Gasteiger charge is 2.31. The van der Waals surface area contributed by atoms with Gasteiger partial charge in [0.25, 0.3) is 0 Å². The largest absolute Gasteiger partial charge is 0.443 e. The van der Waals surface area contributed by atoms with Gasteiger partial charge in [-0.15, -0.1) is 11.3 Å². The van der Waals surface area contributed by atoms with Crippen LogP contribution in [-0.4, -0.2) is 45.0 Å². The van der Waals surface area contributed by atoms with Gasteiger partial charge in [0.05, 0.1) is 24.5 Å². The summed E-state index contributed by atoms with van der Waals surface area (Å²) in [4.78, 5) is 21.6. The SMILES string of the molecule is NCC1CN(c2ccc(-c3csc(Cn4cncn4)n3)c(F)c2)C(=O)O1. The number of amides is 1. The highest BCUT2D eigenvalue weighted by Crippen LogP contribution is 2.29. The fraction of sp³-hybridized carbons (Fsp3) is 0.250. The average Bonchev–Trinajstić information content (AvgIpc) is 3.36. The van der Waals surface area contributed by atoms with Gasteiger partial charge in [0.15, 0.2) is 0 Å². The van der Waals surface area contributed by atoms with E-state index in [-0.39, 0.29) is 12.6 Å². The number of cyclic esters (lactones) is 1. The first kappa shape index (κ1) is 16.6. The molecule has 3 heterocycles. The number of hydrogen-bond acceptors (Lipinski definition) is 7. The van der Waals surface area contributed by atoms with Gasteiger partial charge in [0, 0.05) is 17.5 Å². The summed E-state index contributed by atoms with van der Waals surface area (Å²) in [5.74, 6) is -0.455. The molecule has 8 nitrogen and oxygen atoms in total. The predicted molar refractivity (Wildman–Crippen MR) is 93.3 cm³/mol. The van der Waals surface area contributed by atoms with Crippen LogP contribution in [0.4, 0.5) is 14.9 Å². The van der Waals surface area contributed by atoms with E-state index in [0.29, 0.717) is 30.0 Å². The van der Waals surface area contributed by atoms with Gasteiger partial charge in [-0.25, -0.2) is 23.8 Å². The molecule has 0 spiro atoms. The zero-order valence-corrected chi connectivity index (χ0v) is 14.4. The number of rotatable bonds is 5. The second-order valence-corrected chi connectivity index (χ2v) is 6.68. The molecular weight excluding hydrogens is 359 g/mol. The third-order valence-electron chi connectivity index (χ3n) is 3.99. The number of benzene rings is 1. The van der Waals surface area contributed by atoms with E-state index >= 15 is 0 Å². The molecule has 0 bridgehead atoms. The number of anilines is 1. The van der Waals surface area contributed by atoms with Gasteiger partial charge in [0.1, 0.15) is 29.6 Å².